The van der Waals surface area contributed by atoms with Crippen molar-refractivity contribution in [2.24, 2.45) is 0 Å². The van der Waals surface area contributed by atoms with Crippen LogP contribution in [-0.2, 0) is 20.6 Å². The van der Waals surface area contributed by atoms with Crippen molar-refractivity contribution in [3.05, 3.63) is 35.9 Å². The van der Waals surface area contributed by atoms with E-state index in [-0.39, 0.29) is 11.6 Å². The van der Waals surface area contributed by atoms with Crippen molar-refractivity contribution in [2.75, 3.05) is 6.61 Å². The van der Waals surface area contributed by atoms with E-state index in [9.17, 15) is 14.7 Å². The molecule has 0 aliphatic rings. The van der Waals surface area contributed by atoms with E-state index in [2.05, 4.69) is 39.2 Å². The Bertz CT molecular complexity index is 583. The first-order valence-corrected chi connectivity index (χ1v) is 11.8. The Labute approximate surface area is 157 Å². The summed E-state index contributed by atoms with van der Waals surface area (Å²) in [6.45, 7) is 11.4. The van der Waals surface area contributed by atoms with Crippen LogP contribution in [0, 0.1) is 0 Å². The van der Waals surface area contributed by atoms with Crippen LogP contribution in [0.1, 0.15) is 39.2 Å². The zero-order valence-corrected chi connectivity index (χ0v) is 17.4. The average Bonchev–Trinajstić information content (AvgIpc) is 2.55. The Morgan fingerprint density at radius 3 is 2.35 bits per heavy atom. The highest BCUT2D eigenvalue weighted by molar-refractivity contribution is 6.74. The summed E-state index contributed by atoms with van der Waals surface area (Å²) in [6.07, 6.45) is 0.124. The molecule has 0 bridgehead atoms. The van der Waals surface area contributed by atoms with Crippen molar-refractivity contribution >= 4 is 20.4 Å². The molecule has 0 saturated heterocycles. The van der Waals surface area contributed by atoms with E-state index in [1.54, 1.807) is 0 Å². The maximum Gasteiger partial charge on any atom is 0.408 e. The third-order valence-electron chi connectivity index (χ3n) is 4.71. The van der Waals surface area contributed by atoms with Crippen molar-refractivity contribution in [1.29, 1.82) is 0 Å². The number of nitrogens with one attached hydrogen (secondary N) is 1. The fourth-order valence-corrected chi connectivity index (χ4v) is 3.08. The first-order chi connectivity index (χ1) is 12.0. The summed E-state index contributed by atoms with van der Waals surface area (Å²) in [5.74, 6) is -1.08. The van der Waals surface area contributed by atoms with Gasteiger partial charge in [0.2, 0.25) is 0 Å². The lowest BCUT2D eigenvalue weighted by Gasteiger charge is -2.36. The number of hydrogen-bond acceptors (Lipinski definition) is 4. The Morgan fingerprint density at radius 1 is 1.19 bits per heavy atom. The van der Waals surface area contributed by atoms with Gasteiger partial charge in [0.1, 0.15) is 12.6 Å². The summed E-state index contributed by atoms with van der Waals surface area (Å²) in [5, 5.41) is 11.8. The van der Waals surface area contributed by atoms with Gasteiger partial charge < -0.3 is 19.6 Å². The predicted octanol–water partition coefficient (Wildman–Crippen LogP) is 4.17. The summed E-state index contributed by atoms with van der Waals surface area (Å²) < 4.78 is 11.1. The van der Waals surface area contributed by atoms with Gasteiger partial charge >= 0.3 is 12.1 Å². The monoisotopic (exact) mass is 381 g/mol. The molecule has 1 aromatic rings. The van der Waals surface area contributed by atoms with Crippen LogP contribution in [-0.4, -0.2) is 38.1 Å². The normalized spacial score (nSPS) is 13.1. The van der Waals surface area contributed by atoms with E-state index in [0.29, 0.717) is 19.4 Å². The minimum Gasteiger partial charge on any atom is -0.480 e. The molecule has 0 radical (unpaired) electrons. The minimum absolute atomic E-state index is 0.105. The molecule has 6 nitrogen and oxygen atoms in total. The molecule has 1 aromatic carbocycles. The van der Waals surface area contributed by atoms with Gasteiger partial charge in [0.15, 0.2) is 8.32 Å². The van der Waals surface area contributed by atoms with Crippen LogP contribution in [0.25, 0.3) is 0 Å². The zero-order chi connectivity index (χ0) is 19.8. The number of carboxylic acids is 1. The van der Waals surface area contributed by atoms with Crippen molar-refractivity contribution in [3.63, 3.8) is 0 Å². The smallest absolute Gasteiger partial charge is 0.408 e. The summed E-state index contributed by atoms with van der Waals surface area (Å²) >= 11 is 0. The van der Waals surface area contributed by atoms with Gasteiger partial charge in [-0.1, -0.05) is 51.1 Å². The number of benzene rings is 1. The molecule has 2 N–H and O–H groups in total. The van der Waals surface area contributed by atoms with E-state index in [0.717, 1.165) is 5.56 Å². The maximum atomic E-state index is 11.8. The average molecular weight is 382 g/mol. The summed E-state index contributed by atoms with van der Waals surface area (Å²) in [7, 11) is -1.85. The van der Waals surface area contributed by atoms with Gasteiger partial charge in [0, 0.05) is 6.61 Å². The third kappa shape index (κ3) is 7.57. The quantitative estimate of drug-likeness (QED) is 0.495. The van der Waals surface area contributed by atoms with Crippen LogP contribution in [0.15, 0.2) is 30.3 Å². The van der Waals surface area contributed by atoms with Crippen LogP contribution in [0.4, 0.5) is 4.79 Å². The van der Waals surface area contributed by atoms with E-state index >= 15 is 0 Å². The number of rotatable bonds is 9. The molecule has 0 saturated carbocycles. The summed E-state index contributed by atoms with van der Waals surface area (Å²) in [4.78, 5) is 23.2. The number of ether oxygens (including phenoxy) is 1. The number of aliphatic carboxylic acids is 1. The van der Waals surface area contributed by atoms with E-state index in [1.165, 1.54) is 0 Å². The molecule has 26 heavy (non-hydrogen) atoms. The van der Waals surface area contributed by atoms with Crippen LogP contribution < -0.4 is 5.32 Å². The van der Waals surface area contributed by atoms with Crippen LogP contribution >= 0.6 is 0 Å². The fraction of sp³-hybridized carbons (Fsp3) is 0.579. The number of carbonyl (C=O) groups is 2. The van der Waals surface area contributed by atoms with Gasteiger partial charge in [0.25, 0.3) is 0 Å². The molecule has 1 unspecified atom stereocenters. The highest BCUT2D eigenvalue weighted by Gasteiger charge is 2.36. The molecular formula is C19H31NO5Si. The van der Waals surface area contributed by atoms with E-state index in [4.69, 9.17) is 9.16 Å². The second kappa shape index (κ2) is 9.73. The lowest BCUT2D eigenvalue weighted by Crippen LogP contribution is -2.42. The molecule has 1 atom stereocenters. The number of carboxylic acid groups (broad SMARTS) is 1. The van der Waals surface area contributed by atoms with Crippen molar-refractivity contribution in [2.45, 2.75) is 64.4 Å². The molecule has 1 rings (SSSR count). The first kappa shape index (κ1) is 22.2. The molecule has 1 amide bonds. The van der Waals surface area contributed by atoms with E-state index in [1.807, 2.05) is 30.3 Å². The maximum absolute atomic E-state index is 11.8. The predicted molar refractivity (Wildman–Crippen MR) is 104 cm³/mol. The van der Waals surface area contributed by atoms with Crippen LogP contribution in [0.2, 0.25) is 18.1 Å². The van der Waals surface area contributed by atoms with Gasteiger partial charge in [-0.15, -0.1) is 0 Å². The number of amides is 1. The molecule has 0 spiro atoms. The zero-order valence-electron chi connectivity index (χ0n) is 16.4. The minimum atomic E-state index is -1.85. The fourth-order valence-electron chi connectivity index (χ4n) is 2.00. The molecule has 0 aliphatic carbocycles. The number of hydrogen-bond donors (Lipinski definition) is 2. The Balaban J connectivity index is 2.39. The van der Waals surface area contributed by atoms with Crippen molar-refractivity contribution in [3.8, 4) is 0 Å². The summed E-state index contributed by atoms with van der Waals surface area (Å²) in [5.41, 5.74) is 0.845. The Kier molecular flexibility index (Phi) is 8.30. The molecule has 0 fully saturated rings. The van der Waals surface area contributed by atoms with Gasteiger partial charge in [-0.25, -0.2) is 9.59 Å². The standard InChI is InChI=1S/C19H31NO5Si/c1-19(2,3)26(4,5)25-13-9-12-16(17(21)22)20-18(23)24-14-15-10-7-6-8-11-15/h6-8,10-11,16H,9,12-14H2,1-5H3,(H,20,23)(H,21,22). The third-order valence-corrected chi connectivity index (χ3v) is 9.25. The second-order valence-corrected chi connectivity index (χ2v) is 12.7. The second-order valence-electron chi connectivity index (χ2n) is 7.85. The highest BCUT2D eigenvalue weighted by Crippen LogP contribution is 2.36. The van der Waals surface area contributed by atoms with Gasteiger partial charge in [-0.3, -0.25) is 0 Å². The highest BCUT2D eigenvalue weighted by atomic mass is 28.4. The SMILES string of the molecule is CC(C)(C)[Si](C)(C)OCCCC(NC(=O)OCc1ccccc1)C(=O)O. The first-order valence-electron chi connectivity index (χ1n) is 8.87. The molecule has 0 heterocycles. The Hall–Kier alpha value is -1.86. The van der Waals surface area contributed by atoms with Gasteiger partial charge in [-0.05, 0) is 36.5 Å². The molecule has 7 heteroatoms. The summed E-state index contributed by atoms with van der Waals surface area (Å²) in [6, 6.07) is 8.25. The molecule has 146 valence electrons. The van der Waals surface area contributed by atoms with E-state index < -0.39 is 26.4 Å². The molecular weight excluding hydrogens is 350 g/mol. The topological polar surface area (TPSA) is 84.9 Å². The molecule has 0 aromatic heterocycles. The lowest BCUT2D eigenvalue weighted by molar-refractivity contribution is -0.139. The number of alkyl carbamates (subject to hydrolysis) is 1. The van der Waals surface area contributed by atoms with Crippen LogP contribution in [0.3, 0.4) is 0 Å². The Morgan fingerprint density at radius 2 is 1.81 bits per heavy atom. The van der Waals surface area contributed by atoms with Crippen molar-refractivity contribution < 1.29 is 23.9 Å². The van der Waals surface area contributed by atoms with Gasteiger partial charge in [0.05, 0.1) is 0 Å². The lowest BCUT2D eigenvalue weighted by atomic mass is 10.1. The van der Waals surface area contributed by atoms with Crippen molar-refractivity contribution in [1.82, 2.24) is 5.32 Å². The molecule has 0 aliphatic heterocycles. The van der Waals surface area contributed by atoms with Crippen LogP contribution in [0.5, 0.6) is 0 Å². The number of carbonyl (C=O) groups excluding carboxylic acids is 1. The van der Waals surface area contributed by atoms with Gasteiger partial charge in [-0.2, -0.15) is 0 Å². The largest absolute Gasteiger partial charge is 0.480 e.